The fourth-order valence-corrected chi connectivity index (χ4v) is 2.49. The van der Waals surface area contributed by atoms with Crippen LogP contribution in [0, 0.1) is 0 Å². The average molecular weight is 336 g/mol. The van der Waals surface area contributed by atoms with Crippen LogP contribution in [0.25, 0.3) is 17.2 Å². The van der Waals surface area contributed by atoms with Gasteiger partial charge in [-0.2, -0.15) is 4.99 Å². The van der Waals surface area contributed by atoms with Gasteiger partial charge in [0, 0.05) is 12.1 Å². The van der Waals surface area contributed by atoms with E-state index < -0.39 is 5.91 Å². The number of hydrogen-bond donors (Lipinski definition) is 2. The lowest BCUT2D eigenvalue weighted by Gasteiger charge is -2.10. The summed E-state index contributed by atoms with van der Waals surface area (Å²) in [6.45, 7) is 2.60. The van der Waals surface area contributed by atoms with Gasteiger partial charge in [-0.1, -0.05) is 42.5 Å². The van der Waals surface area contributed by atoms with Crippen molar-refractivity contribution in [1.29, 1.82) is 0 Å². The van der Waals surface area contributed by atoms with Crippen molar-refractivity contribution in [1.82, 2.24) is 4.90 Å². The van der Waals surface area contributed by atoms with Crippen LogP contribution in [0.1, 0.15) is 18.1 Å². The first kappa shape index (κ1) is 18.4. The number of carbonyl (C=O) groups is 1. The predicted octanol–water partition coefficient (Wildman–Crippen LogP) is 2.62. The van der Waals surface area contributed by atoms with Gasteiger partial charge in [-0.15, -0.1) is 0 Å². The quantitative estimate of drug-likeness (QED) is 0.499. The minimum Gasteiger partial charge on any atom is -0.370 e. The predicted molar refractivity (Wildman–Crippen MR) is 104 cm³/mol. The largest absolute Gasteiger partial charge is 0.370 e. The van der Waals surface area contributed by atoms with Crippen LogP contribution >= 0.6 is 0 Å². The van der Waals surface area contributed by atoms with Crippen molar-refractivity contribution in [2.75, 3.05) is 14.1 Å². The molecule has 0 unspecified atom stereocenters. The Morgan fingerprint density at radius 1 is 1.08 bits per heavy atom. The second kappa shape index (κ2) is 8.26. The average Bonchev–Trinajstić information content (AvgIpc) is 2.54. The molecule has 5 heteroatoms. The van der Waals surface area contributed by atoms with Gasteiger partial charge in [-0.25, -0.2) is 0 Å². The van der Waals surface area contributed by atoms with E-state index in [2.05, 4.69) is 48.3 Å². The molecule has 0 spiro atoms. The number of nitrogens with zero attached hydrogens (tertiary/aromatic N) is 2. The van der Waals surface area contributed by atoms with E-state index >= 15 is 0 Å². The van der Waals surface area contributed by atoms with Gasteiger partial charge in [-0.05, 0) is 55.4 Å². The molecule has 2 aromatic rings. The molecule has 0 aromatic heterocycles. The Morgan fingerprint density at radius 2 is 1.76 bits per heavy atom. The standard InChI is InChI=1S/C20H24N4O/c1-14(19(25)23-20(21)22)11-16-5-4-6-18(12-16)17-9-7-15(8-10-17)13-24(2)3/h4-12H,13H2,1-3H3,(H4,21,22,23,25)/b14-11+. The highest BCUT2D eigenvalue weighted by Crippen LogP contribution is 2.22. The fourth-order valence-electron chi connectivity index (χ4n) is 2.49. The number of aliphatic imine (C=N–C) groups is 1. The van der Waals surface area contributed by atoms with Crippen molar-refractivity contribution < 1.29 is 4.79 Å². The molecule has 0 aliphatic heterocycles. The molecule has 0 fully saturated rings. The van der Waals surface area contributed by atoms with E-state index in [9.17, 15) is 4.79 Å². The lowest BCUT2D eigenvalue weighted by molar-refractivity contribution is -0.114. The highest BCUT2D eigenvalue weighted by molar-refractivity contribution is 6.03. The summed E-state index contributed by atoms with van der Waals surface area (Å²) < 4.78 is 0. The molecule has 2 rings (SSSR count). The zero-order valence-corrected chi connectivity index (χ0v) is 14.9. The maximum atomic E-state index is 11.8. The van der Waals surface area contributed by atoms with Gasteiger partial charge in [-0.3, -0.25) is 4.79 Å². The minimum absolute atomic E-state index is 0.232. The molecular formula is C20H24N4O. The number of rotatable bonds is 5. The number of benzene rings is 2. The van der Waals surface area contributed by atoms with Gasteiger partial charge >= 0.3 is 0 Å². The second-order valence-corrected chi connectivity index (χ2v) is 6.23. The molecule has 0 saturated carbocycles. The van der Waals surface area contributed by atoms with Crippen LogP contribution in [-0.4, -0.2) is 30.9 Å². The Bertz CT molecular complexity index is 801. The molecule has 0 radical (unpaired) electrons. The fraction of sp³-hybridized carbons (Fsp3) is 0.200. The summed E-state index contributed by atoms with van der Waals surface area (Å²) >= 11 is 0. The summed E-state index contributed by atoms with van der Waals surface area (Å²) in [5.74, 6) is -0.664. The zero-order valence-electron chi connectivity index (χ0n) is 14.9. The maximum absolute atomic E-state index is 11.8. The van der Waals surface area contributed by atoms with Gasteiger partial charge in [0.1, 0.15) is 0 Å². The third-order valence-corrected chi connectivity index (χ3v) is 3.62. The SMILES string of the molecule is C/C(=C\c1cccc(-c2ccc(CN(C)C)cc2)c1)C(=O)N=C(N)N. The smallest absolute Gasteiger partial charge is 0.275 e. The molecule has 0 atom stereocenters. The van der Waals surface area contributed by atoms with Crippen molar-refractivity contribution in [3.05, 3.63) is 65.2 Å². The van der Waals surface area contributed by atoms with Crippen LogP contribution in [0.3, 0.4) is 0 Å². The molecule has 0 aliphatic rings. The first-order chi connectivity index (χ1) is 11.8. The first-order valence-corrected chi connectivity index (χ1v) is 8.01. The topological polar surface area (TPSA) is 84.7 Å². The van der Waals surface area contributed by atoms with Crippen LogP contribution < -0.4 is 11.5 Å². The Balaban J connectivity index is 2.24. The van der Waals surface area contributed by atoms with Crippen LogP contribution in [-0.2, 0) is 11.3 Å². The molecule has 0 aliphatic carbocycles. The number of guanidine groups is 1. The lowest BCUT2D eigenvalue weighted by Crippen LogP contribution is -2.24. The first-order valence-electron chi connectivity index (χ1n) is 8.01. The van der Waals surface area contributed by atoms with Crippen molar-refractivity contribution in [3.63, 3.8) is 0 Å². The maximum Gasteiger partial charge on any atom is 0.275 e. The van der Waals surface area contributed by atoms with Crippen molar-refractivity contribution in [2.24, 2.45) is 16.5 Å². The molecule has 2 aromatic carbocycles. The normalized spacial score (nSPS) is 11.4. The van der Waals surface area contributed by atoms with E-state index in [0.29, 0.717) is 5.57 Å². The van der Waals surface area contributed by atoms with Gasteiger partial charge in [0.25, 0.3) is 5.91 Å². The Hall–Kier alpha value is -2.92. The number of carbonyl (C=O) groups excluding carboxylic acids is 1. The van der Waals surface area contributed by atoms with Crippen LogP contribution in [0.5, 0.6) is 0 Å². The zero-order chi connectivity index (χ0) is 18.4. The molecule has 4 N–H and O–H groups in total. The highest BCUT2D eigenvalue weighted by Gasteiger charge is 2.04. The highest BCUT2D eigenvalue weighted by atomic mass is 16.1. The van der Waals surface area contributed by atoms with Crippen LogP contribution in [0.4, 0.5) is 0 Å². The molecular weight excluding hydrogens is 312 g/mol. The Kier molecular flexibility index (Phi) is 6.08. The monoisotopic (exact) mass is 336 g/mol. The molecule has 0 heterocycles. The molecule has 25 heavy (non-hydrogen) atoms. The number of nitrogens with two attached hydrogens (primary N) is 2. The van der Waals surface area contributed by atoms with Gasteiger partial charge < -0.3 is 16.4 Å². The summed E-state index contributed by atoms with van der Waals surface area (Å²) in [6, 6.07) is 16.5. The van der Waals surface area contributed by atoms with Crippen molar-refractivity contribution in [3.8, 4) is 11.1 Å². The molecule has 1 amide bonds. The summed E-state index contributed by atoms with van der Waals surface area (Å²) in [7, 11) is 4.10. The van der Waals surface area contributed by atoms with E-state index in [1.54, 1.807) is 13.0 Å². The molecule has 0 bridgehead atoms. The number of hydrogen-bond acceptors (Lipinski definition) is 2. The van der Waals surface area contributed by atoms with Gasteiger partial charge in [0.05, 0.1) is 0 Å². The summed E-state index contributed by atoms with van der Waals surface area (Å²) in [5, 5.41) is 0. The van der Waals surface area contributed by atoms with E-state index in [4.69, 9.17) is 11.5 Å². The van der Waals surface area contributed by atoms with E-state index in [0.717, 1.165) is 23.2 Å². The minimum atomic E-state index is -0.432. The second-order valence-electron chi connectivity index (χ2n) is 6.23. The third-order valence-electron chi connectivity index (χ3n) is 3.62. The summed E-state index contributed by atoms with van der Waals surface area (Å²) in [4.78, 5) is 17.5. The Morgan fingerprint density at radius 3 is 2.36 bits per heavy atom. The Labute approximate surface area is 148 Å². The van der Waals surface area contributed by atoms with E-state index in [1.807, 2.05) is 24.3 Å². The van der Waals surface area contributed by atoms with Crippen LogP contribution in [0.2, 0.25) is 0 Å². The van der Waals surface area contributed by atoms with Gasteiger partial charge in [0.2, 0.25) is 0 Å². The number of amides is 1. The molecule has 0 saturated heterocycles. The van der Waals surface area contributed by atoms with E-state index in [-0.39, 0.29) is 5.96 Å². The molecule has 5 nitrogen and oxygen atoms in total. The van der Waals surface area contributed by atoms with Crippen LogP contribution in [0.15, 0.2) is 59.1 Å². The van der Waals surface area contributed by atoms with Gasteiger partial charge in [0.15, 0.2) is 5.96 Å². The lowest BCUT2D eigenvalue weighted by atomic mass is 10.0. The summed E-state index contributed by atoms with van der Waals surface area (Å²) in [6.07, 6.45) is 1.78. The van der Waals surface area contributed by atoms with Crippen molar-refractivity contribution in [2.45, 2.75) is 13.5 Å². The summed E-state index contributed by atoms with van der Waals surface area (Å²) in [5.41, 5.74) is 15.4. The molecule has 130 valence electrons. The third kappa shape index (κ3) is 5.58. The van der Waals surface area contributed by atoms with E-state index in [1.165, 1.54) is 5.56 Å². The van der Waals surface area contributed by atoms with Crippen molar-refractivity contribution >= 4 is 17.9 Å².